The maximum absolute atomic E-state index is 11.7. The number of rotatable bonds is 2. The first-order valence-corrected chi connectivity index (χ1v) is 5.79. The van der Waals surface area contributed by atoms with E-state index in [9.17, 15) is 4.79 Å². The molecule has 0 aromatic rings. The number of morpholine rings is 1. The van der Waals surface area contributed by atoms with Crippen molar-refractivity contribution in [2.45, 2.75) is 25.0 Å². The molecule has 3 atom stereocenters. The average molecular weight is 211 g/mol. The Kier molecular flexibility index (Phi) is 2.50. The van der Waals surface area contributed by atoms with Crippen LogP contribution < -0.4 is 0 Å². The van der Waals surface area contributed by atoms with Gasteiger partial charge in [0.05, 0.1) is 31.8 Å². The molecule has 2 bridgehead atoms. The van der Waals surface area contributed by atoms with Crippen LogP contribution in [0.1, 0.15) is 12.8 Å². The number of nitrogens with zero attached hydrogens (tertiary/aromatic N) is 1. The van der Waals surface area contributed by atoms with Crippen molar-refractivity contribution in [2.24, 2.45) is 5.92 Å². The van der Waals surface area contributed by atoms with Gasteiger partial charge in [-0.3, -0.25) is 9.69 Å². The number of hydrogen-bond acceptors (Lipinski definition) is 4. The van der Waals surface area contributed by atoms with Crippen molar-refractivity contribution in [1.82, 2.24) is 4.90 Å². The van der Waals surface area contributed by atoms with Crippen LogP contribution in [0.4, 0.5) is 0 Å². The Morgan fingerprint density at radius 1 is 1.40 bits per heavy atom. The molecule has 3 rings (SSSR count). The van der Waals surface area contributed by atoms with Crippen LogP contribution in [-0.2, 0) is 14.3 Å². The molecule has 3 heterocycles. The summed E-state index contributed by atoms with van der Waals surface area (Å²) in [6.45, 7) is 3.97. The van der Waals surface area contributed by atoms with Gasteiger partial charge in [0, 0.05) is 25.6 Å². The van der Waals surface area contributed by atoms with E-state index >= 15 is 0 Å². The van der Waals surface area contributed by atoms with Crippen LogP contribution in [0.2, 0.25) is 0 Å². The Balaban J connectivity index is 1.58. The molecule has 4 nitrogen and oxygen atoms in total. The highest BCUT2D eigenvalue weighted by Gasteiger charge is 2.40. The molecule has 0 aromatic heterocycles. The van der Waals surface area contributed by atoms with Crippen molar-refractivity contribution in [3.8, 4) is 0 Å². The maximum atomic E-state index is 11.7. The van der Waals surface area contributed by atoms with Gasteiger partial charge >= 0.3 is 0 Å². The molecule has 0 N–H and O–H groups in total. The summed E-state index contributed by atoms with van der Waals surface area (Å²) in [6, 6.07) is 0.560. The number of likely N-dealkylation sites (tertiary alicyclic amines) is 1. The summed E-state index contributed by atoms with van der Waals surface area (Å²) in [7, 11) is 0. The third-order valence-corrected chi connectivity index (χ3v) is 3.74. The van der Waals surface area contributed by atoms with E-state index in [-0.39, 0.29) is 5.92 Å². The smallest absolute Gasteiger partial charge is 0.141 e. The maximum Gasteiger partial charge on any atom is 0.141 e. The minimum absolute atomic E-state index is 0.109. The van der Waals surface area contributed by atoms with Crippen LogP contribution in [0.5, 0.6) is 0 Å². The van der Waals surface area contributed by atoms with Gasteiger partial charge in [0.1, 0.15) is 5.78 Å². The van der Waals surface area contributed by atoms with E-state index in [0.29, 0.717) is 37.6 Å². The second-order valence-electron chi connectivity index (χ2n) is 4.79. The molecule has 3 aliphatic rings. The van der Waals surface area contributed by atoms with Crippen molar-refractivity contribution in [3.63, 3.8) is 0 Å². The number of ketones is 1. The standard InChI is InChI=1S/C11H17NO3/c13-11-1-2-14-6-8(11)4-12-5-10-3-9(12)7-15-10/h8-10H,1-7H2. The number of fused-ring (bicyclic) bond motifs is 2. The van der Waals surface area contributed by atoms with Crippen molar-refractivity contribution in [3.05, 3.63) is 0 Å². The SMILES string of the molecule is O=C1CCOCC1CN1CC2CC1CO2. The van der Waals surface area contributed by atoms with Crippen molar-refractivity contribution in [2.75, 3.05) is 32.9 Å². The molecule has 84 valence electrons. The molecule has 4 heteroatoms. The Labute approximate surface area is 89.5 Å². The topological polar surface area (TPSA) is 38.8 Å². The molecule has 0 aromatic carbocycles. The second-order valence-corrected chi connectivity index (χ2v) is 4.79. The van der Waals surface area contributed by atoms with Crippen LogP contribution in [-0.4, -0.2) is 55.7 Å². The van der Waals surface area contributed by atoms with Gasteiger partial charge in [0.15, 0.2) is 0 Å². The molecule has 0 saturated carbocycles. The van der Waals surface area contributed by atoms with Gasteiger partial charge in [-0.15, -0.1) is 0 Å². The minimum atomic E-state index is 0.109. The van der Waals surface area contributed by atoms with E-state index in [1.807, 2.05) is 0 Å². The first-order valence-electron chi connectivity index (χ1n) is 5.79. The lowest BCUT2D eigenvalue weighted by atomic mass is 10.00. The summed E-state index contributed by atoms with van der Waals surface area (Å²) in [5, 5.41) is 0. The summed E-state index contributed by atoms with van der Waals surface area (Å²) >= 11 is 0. The first-order chi connectivity index (χ1) is 7.33. The van der Waals surface area contributed by atoms with Crippen LogP contribution in [0, 0.1) is 5.92 Å². The fraction of sp³-hybridized carbons (Fsp3) is 0.909. The lowest BCUT2D eigenvalue weighted by Crippen LogP contribution is -2.44. The first kappa shape index (κ1) is 9.75. The van der Waals surface area contributed by atoms with E-state index in [2.05, 4.69) is 4.90 Å². The highest BCUT2D eigenvalue weighted by molar-refractivity contribution is 5.82. The molecule has 3 unspecified atom stereocenters. The molecule has 0 radical (unpaired) electrons. The molecule has 15 heavy (non-hydrogen) atoms. The highest BCUT2D eigenvalue weighted by Crippen LogP contribution is 2.28. The molecule has 3 aliphatic heterocycles. The van der Waals surface area contributed by atoms with Gasteiger partial charge in [-0.25, -0.2) is 0 Å². The van der Waals surface area contributed by atoms with Crippen LogP contribution >= 0.6 is 0 Å². The summed E-state index contributed by atoms with van der Waals surface area (Å²) in [6.07, 6.45) is 2.18. The third kappa shape index (κ3) is 1.82. The van der Waals surface area contributed by atoms with E-state index in [4.69, 9.17) is 9.47 Å². The van der Waals surface area contributed by atoms with E-state index in [1.54, 1.807) is 0 Å². The second kappa shape index (κ2) is 3.85. The number of carbonyl (C=O) groups excluding carboxylic acids is 1. The number of Topliss-reactive ketones (excluding diaryl/α,β-unsaturated/α-hetero) is 1. The fourth-order valence-electron chi connectivity index (χ4n) is 2.84. The summed E-state index contributed by atoms with van der Waals surface area (Å²) in [4.78, 5) is 14.1. The van der Waals surface area contributed by atoms with Crippen LogP contribution in [0.3, 0.4) is 0 Å². The van der Waals surface area contributed by atoms with Gasteiger partial charge in [-0.05, 0) is 6.42 Å². The highest BCUT2D eigenvalue weighted by atomic mass is 16.5. The average Bonchev–Trinajstić information content (AvgIpc) is 2.83. The normalized spacial score (nSPS) is 41.3. The van der Waals surface area contributed by atoms with Crippen molar-refractivity contribution >= 4 is 5.78 Å². The number of hydrogen-bond donors (Lipinski definition) is 0. The Morgan fingerprint density at radius 3 is 3.00 bits per heavy atom. The Hall–Kier alpha value is -0.450. The third-order valence-electron chi connectivity index (χ3n) is 3.74. The lowest BCUT2D eigenvalue weighted by Gasteiger charge is -2.31. The predicted molar refractivity (Wildman–Crippen MR) is 53.7 cm³/mol. The van der Waals surface area contributed by atoms with E-state index in [1.165, 1.54) is 0 Å². The zero-order chi connectivity index (χ0) is 10.3. The number of ether oxygens (including phenoxy) is 2. The molecule has 0 spiro atoms. The minimum Gasteiger partial charge on any atom is -0.380 e. The molecular formula is C11H17NO3. The van der Waals surface area contributed by atoms with E-state index < -0.39 is 0 Å². The van der Waals surface area contributed by atoms with Gasteiger partial charge in [-0.1, -0.05) is 0 Å². The van der Waals surface area contributed by atoms with Gasteiger partial charge in [0.2, 0.25) is 0 Å². The molecule has 0 aliphatic carbocycles. The Morgan fingerprint density at radius 2 is 2.33 bits per heavy atom. The van der Waals surface area contributed by atoms with Gasteiger partial charge in [0.25, 0.3) is 0 Å². The lowest BCUT2D eigenvalue weighted by molar-refractivity contribution is -0.132. The largest absolute Gasteiger partial charge is 0.380 e. The zero-order valence-electron chi connectivity index (χ0n) is 8.85. The monoisotopic (exact) mass is 211 g/mol. The molecule has 3 saturated heterocycles. The zero-order valence-corrected chi connectivity index (χ0v) is 8.85. The molecule has 0 amide bonds. The summed E-state index contributed by atoms with van der Waals surface area (Å²) < 4.78 is 10.9. The van der Waals surface area contributed by atoms with Crippen LogP contribution in [0.25, 0.3) is 0 Å². The quantitative estimate of drug-likeness (QED) is 0.647. The van der Waals surface area contributed by atoms with Gasteiger partial charge < -0.3 is 9.47 Å². The number of carbonyl (C=O) groups is 1. The van der Waals surface area contributed by atoms with E-state index in [0.717, 1.165) is 26.1 Å². The molecule has 3 fully saturated rings. The van der Waals surface area contributed by atoms with Gasteiger partial charge in [-0.2, -0.15) is 0 Å². The summed E-state index contributed by atoms with van der Waals surface area (Å²) in [5.74, 6) is 0.489. The predicted octanol–water partition coefficient (Wildman–Crippen LogP) is 0.0651. The van der Waals surface area contributed by atoms with Crippen LogP contribution in [0.15, 0.2) is 0 Å². The molecular weight excluding hydrogens is 194 g/mol. The Bertz CT molecular complexity index is 269. The van der Waals surface area contributed by atoms with Crippen molar-refractivity contribution in [1.29, 1.82) is 0 Å². The van der Waals surface area contributed by atoms with Crippen molar-refractivity contribution < 1.29 is 14.3 Å². The fourth-order valence-corrected chi connectivity index (χ4v) is 2.84. The summed E-state index contributed by atoms with van der Waals surface area (Å²) in [5.41, 5.74) is 0.